The van der Waals surface area contributed by atoms with E-state index in [9.17, 15) is 0 Å². The molecule has 0 aliphatic rings. The maximum Gasteiger partial charge on any atom is 0.00372 e. The van der Waals surface area contributed by atoms with Crippen LogP contribution in [0.4, 0.5) is 0 Å². The Bertz CT molecular complexity index is 17.5. The van der Waals surface area contributed by atoms with E-state index in [2.05, 4.69) is 25.3 Å². The molecule has 0 rings (SSSR count). The van der Waals surface area contributed by atoms with Crippen LogP contribution in [0.25, 0.3) is 0 Å². The zero-order chi connectivity index (χ0) is 4.83. The zero-order valence-corrected chi connectivity index (χ0v) is 5.28. The molecular formula is C4H8S2. The summed E-state index contributed by atoms with van der Waals surface area (Å²) in [6.45, 7) is 0. The first kappa shape index (κ1) is 6.70. The third kappa shape index (κ3) is 4.70. The summed E-state index contributed by atoms with van der Waals surface area (Å²) in [6, 6.07) is 0. The van der Waals surface area contributed by atoms with Crippen molar-refractivity contribution in [1.82, 2.24) is 0 Å². The van der Waals surface area contributed by atoms with Crippen LogP contribution in [0.5, 0.6) is 0 Å². The van der Waals surface area contributed by atoms with Crippen molar-refractivity contribution in [3.63, 3.8) is 0 Å². The Morgan fingerprint density at radius 2 is 1.17 bits per heavy atom. The lowest BCUT2D eigenvalue weighted by Crippen LogP contribution is -1.74. The number of hydrogen-bond acceptors (Lipinski definition) is 0. The Balaban J connectivity index is 2.34. The minimum Gasteiger partial charge on any atom is -0.0942 e. The van der Waals surface area contributed by atoms with Crippen molar-refractivity contribution in [2.24, 2.45) is 0 Å². The molecule has 0 bridgehead atoms. The Labute approximate surface area is 50.1 Å². The first-order chi connectivity index (χ1) is 2.91. The normalized spacial score (nSPS) is 9.00. The Morgan fingerprint density at radius 3 is 1.33 bits per heavy atom. The maximum atomic E-state index is 4.67. The third-order valence-corrected chi connectivity index (χ3v) is 1.12. The summed E-state index contributed by atoms with van der Waals surface area (Å²) in [4.78, 5) is 0. The molecule has 0 aromatic heterocycles. The molecule has 0 amide bonds. The third-order valence-electron chi connectivity index (χ3n) is 0.539. The molecular weight excluding hydrogens is 112 g/mol. The van der Waals surface area contributed by atoms with Crippen molar-refractivity contribution in [1.29, 1.82) is 0 Å². The van der Waals surface area contributed by atoms with E-state index in [1.54, 1.807) is 0 Å². The van der Waals surface area contributed by atoms with E-state index in [1.807, 2.05) is 0 Å². The van der Waals surface area contributed by atoms with Crippen molar-refractivity contribution in [2.75, 3.05) is 11.5 Å². The monoisotopic (exact) mass is 120 g/mol. The summed E-state index contributed by atoms with van der Waals surface area (Å²) in [7, 11) is 0. The molecule has 0 heterocycles. The Morgan fingerprint density at radius 1 is 0.833 bits per heavy atom. The van der Waals surface area contributed by atoms with E-state index in [-0.39, 0.29) is 0 Å². The predicted octanol–water partition coefficient (Wildman–Crippen LogP) is 2.16. The molecule has 2 radical (unpaired) electrons. The van der Waals surface area contributed by atoms with Crippen molar-refractivity contribution < 1.29 is 0 Å². The van der Waals surface area contributed by atoms with E-state index in [1.165, 1.54) is 0 Å². The van der Waals surface area contributed by atoms with Crippen molar-refractivity contribution in [2.45, 2.75) is 12.8 Å². The maximum absolute atomic E-state index is 4.67. The van der Waals surface area contributed by atoms with Gasteiger partial charge in [-0.05, 0) is 12.8 Å². The second kappa shape index (κ2) is 5.70. The topological polar surface area (TPSA) is 0 Å². The van der Waals surface area contributed by atoms with Gasteiger partial charge in [-0.3, -0.25) is 0 Å². The van der Waals surface area contributed by atoms with E-state index < -0.39 is 0 Å². The zero-order valence-electron chi connectivity index (χ0n) is 3.64. The Hall–Kier alpha value is 0.700. The number of unbranched alkanes of at least 4 members (excludes halogenated alkanes) is 1. The van der Waals surface area contributed by atoms with Gasteiger partial charge in [-0.1, -0.05) is 25.3 Å². The van der Waals surface area contributed by atoms with Crippen LogP contribution in [-0.4, -0.2) is 11.5 Å². The molecule has 0 unspecified atom stereocenters. The quantitative estimate of drug-likeness (QED) is 0.501. The SMILES string of the molecule is [S]CCCC[S]. The van der Waals surface area contributed by atoms with Crippen LogP contribution in [0, 0.1) is 0 Å². The van der Waals surface area contributed by atoms with E-state index in [0.717, 1.165) is 24.3 Å². The molecule has 6 heavy (non-hydrogen) atoms. The van der Waals surface area contributed by atoms with Crippen LogP contribution in [0.3, 0.4) is 0 Å². The number of hydrogen-bond donors (Lipinski definition) is 0. The molecule has 0 aromatic rings. The molecule has 0 N–H and O–H groups in total. The molecule has 0 nitrogen and oxygen atoms in total. The molecule has 36 valence electrons. The second-order valence-electron chi connectivity index (χ2n) is 1.12. The largest absolute Gasteiger partial charge is 0.0942 e. The second-order valence-corrected chi connectivity index (χ2v) is 1.93. The molecule has 0 atom stereocenters. The van der Waals surface area contributed by atoms with Gasteiger partial charge < -0.3 is 0 Å². The van der Waals surface area contributed by atoms with Crippen molar-refractivity contribution >= 4 is 25.3 Å². The average Bonchev–Trinajstić information content (AvgIpc) is 1.61. The fraction of sp³-hybridized carbons (Fsp3) is 1.00. The fourth-order valence-corrected chi connectivity index (χ4v) is 0.612. The molecule has 2 heteroatoms. The van der Waals surface area contributed by atoms with Crippen LogP contribution in [0.15, 0.2) is 0 Å². The van der Waals surface area contributed by atoms with Crippen LogP contribution < -0.4 is 0 Å². The Kier molecular flexibility index (Phi) is 6.36. The molecule has 0 aromatic carbocycles. The van der Waals surface area contributed by atoms with Gasteiger partial charge in [0.2, 0.25) is 0 Å². The summed E-state index contributed by atoms with van der Waals surface area (Å²) >= 11 is 9.34. The first-order valence-corrected chi connectivity index (χ1v) is 3.23. The summed E-state index contributed by atoms with van der Waals surface area (Å²) in [6.07, 6.45) is 2.25. The van der Waals surface area contributed by atoms with Gasteiger partial charge in [0.25, 0.3) is 0 Å². The van der Waals surface area contributed by atoms with Crippen molar-refractivity contribution in [3.8, 4) is 0 Å². The van der Waals surface area contributed by atoms with Crippen molar-refractivity contribution in [3.05, 3.63) is 0 Å². The molecule has 0 aliphatic heterocycles. The summed E-state index contributed by atoms with van der Waals surface area (Å²) in [5, 5.41) is 0. The average molecular weight is 120 g/mol. The molecule has 0 aliphatic carbocycles. The first-order valence-electron chi connectivity index (χ1n) is 2.08. The molecule has 0 saturated heterocycles. The van der Waals surface area contributed by atoms with Gasteiger partial charge in [-0.25, -0.2) is 0 Å². The summed E-state index contributed by atoms with van der Waals surface area (Å²) < 4.78 is 0. The highest BCUT2D eigenvalue weighted by Gasteiger charge is 1.77. The van der Waals surface area contributed by atoms with Gasteiger partial charge in [0, 0.05) is 11.5 Å². The van der Waals surface area contributed by atoms with Gasteiger partial charge >= 0.3 is 0 Å². The minimum atomic E-state index is 0.872. The van der Waals surface area contributed by atoms with Gasteiger partial charge in [-0.15, -0.1) is 0 Å². The highest BCUT2D eigenvalue weighted by molar-refractivity contribution is 7.80. The standard InChI is InChI=1S/C4H8S2/c5-3-1-2-4-6/h1-4H2. The van der Waals surface area contributed by atoms with Gasteiger partial charge in [0.1, 0.15) is 0 Å². The highest BCUT2D eigenvalue weighted by Crippen LogP contribution is 1.91. The highest BCUT2D eigenvalue weighted by atomic mass is 32.1. The fourth-order valence-electron chi connectivity index (χ4n) is 0.204. The molecule has 0 fully saturated rings. The van der Waals surface area contributed by atoms with E-state index in [0.29, 0.717) is 0 Å². The number of rotatable bonds is 3. The van der Waals surface area contributed by atoms with Crippen LogP contribution >= 0.6 is 25.3 Å². The smallest absolute Gasteiger partial charge is 0.00372 e. The lowest BCUT2D eigenvalue weighted by molar-refractivity contribution is 0.912. The molecule has 0 spiro atoms. The van der Waals surface area contributed by atoms with Gasteiger partial charge in [-0.2, -0.15) is 0 Å². The van der Waals surface area contributed by atoms with Crippen LogP contribution in [0.2, 0.25) is 0 Å². The van der Waals surface area contributed by atoms with Gasteiger partial charge in [0.05, 0.1) is 0 Å². The van der Waals surface area contributed by atoms with E-state index in [4.69, 9.17) is 0 Å². The lowest BCUT2D eigenvalue weighted by atomic mass is 10.4. The minimum absolute atomic E-state index is 0.872. The van der Waals surface area contributed by atoms with E-state index >= 15 is 0 Å². The molecule has 0 saturated carbocycles. The lowest BCUT2D eigenvalue weighted by Gasteiger charge is -1.83. The van der Waals surface area contributed by atoms with Gasteiger partial charge in [0.15, 0.2) is 0 Å². The summed E-state index contributed by atoms with van der Waals surface area (Å²) in [5.74, 6) is 1.74. The van der Waals surface area contributed by atoms with Crippen LogP contribution in [0.1, 0.15) is 12.8 Å². The predicted molar refractivity (Wildman–Crippen MR) is 34.1 cm³/mol. The summed E-state index contributed by atoms with van der Waals surface area (Å²) in [5.41, 5.74) is 0. The van der Waals surface area contributed by atoms with Crippen LogP contribution in [-0.2, 0) is 0 Å².